The minimum atomic E-state index is -4.60. The molecule has 1 fully saturated rings. The molecule has 8 heteroatoms. The highest BCUT2D eigenvalue weighted by molar-refractivity contribution is 5.99. The van der Waals surface area contributed by atoms with Crippen LogP contribution in [0.15, 0.2) is 12.1 Å². The Labute approximate surface area is 136 Å². The number of carbonyl (C=O) groups is 2. The standard InChI is InChI=1S/C16H17F3N2O3/c1-15(3-2-4-15)21(14(23)24)8-9-5-10-11(7-20-13(10)22)12(6-9)16(17,18)19/h5-6H,2-4,7-8H2,1H3,(H,20,22)(H,23,24). The number of hydrogen-bond donors (Lipinski definition) is 2. The maximum atomic E-state index is 13.3. The highest BCUT2D eigenvalue weighted by atomic mass is 19.4. The summed E-state index contributed by atoms with van der Waals surface area (Å²) in [6.45, 7) is 1.45. The van der Waals surface area contributed by atoms with Crippen LogP contribution < -0.4 is 5.32 Å². The van der Waals surface area contributed by atoms with Gasteiger partial charge in [0.2, 0.25) is 0 Å². The predicted octanol–water partition coefficient (Wildman–Crippen LogP) is 3.37. The first-order valence-electron chi connectivity index (χ1n) is 7.63. The van der Waals surface area contributed by atoms with E-state index in [2.05, 4.69) is 5.32 Å². The normalized spacial score (nSPS) is 18.6. The molecule has 1 aliphatic heterocycles. The third-order valence-electron chi connectivity index (χ3n) is 4.94. The molecular weight excluding hydrogens is 325 g/mol. The van der Waals surface area contributed by atoms with Gasteiger partial charge in [-0.25, -0.2) is 4.79 Å². The second-order valence-electron chi connectivity index (χ2n) is 6.57. The fourth-order valence-corrected chi connectivity index (χ4v) is 3.36. The molecule has 1 aromatic carbocycles. The van der Waals surface area contributed by atoms with Crippen LogP contribution in [0.2, 0.25) is 0 Å². The minimum Gasteiger partial charge on any atom is -0.465 e. The van der Waals surface area contributed by atoms with Crippen LogP contribution in [0.4, 0.5) is 18.0 Å². The number of carboxylic acid groups (broad SMARTS) is 1. The van der Waals surface area contributed by atoms with Gasteiger partial charge in [-0.2, -0.15) is 13.2 Å². The van der Waals surface area contributed by atoms with Crippen LogP contribution in [-0.4, -0.2) is 27.5 Å². The number of rotatable bonds is 3. The van der Waals surface area contributed by atoms with E-state index in [1.54, 1.807) is 6.92 Å². The number of carbonyl (C=O) groups excluding carboxylic acids is 1. The van der Waals surface area contributed by atoms with E-state index in [-0.39, 0.29) is 29.8 Å². The summed E-state index contributed by atoms with van der Waals surface area (Å²) in [4.78, 5) is 24.5. The number of alkyl halides is 3. The lowest BCUT2D eigenvalue weighted by molar-refractivity contribution is -0.138. The quantitative estimate of drug-likeness (QED) is 0.885. The molecule has 0 saturated heterocycles. The summed E-state index contributed by atoms with van der Waals surface area (Å²) in [6.07, 6.45) is -3.52. The van der Waals surface area contributed by atoms with Gasteiger partial charge in [0.25, 0.3) is 5.91 Å². The highest BCUT2D eigenvalue weighted by Gasteiger charge is 2.42. The molecule has 0 unspecified atom stereocenters. The summed E-state index contributed by atoms with van der Waals surface area (Å²) in [7, 11) is 0. The number of halogens is 3. The second-order valence-corrected chi connectivity index (χ2v) is 6.57. The molecule has 1 aliphatic carbocycles. The molecule has 130 valence electrons. The predicted molar refractivity (Wildman–Crippen MR) is 78.4 cm³/mol. The zero-order valence-electron chi connectivity index (χ0n) is 13.0. The molecule has 2 aliphatic rings. The van der Waals surface area contributed by atoms with Crippen LogP contribution in [0.5, 0.6) is 0 Å². The SMILES string of the molecule is CC1(N(Cc2cc3c(c(C(F)(F)F)c2)CNC3=O)C(=O)O)CCC1. The van der Waals surface area contributed by atoms with Crippen LogP contribution in [0.1, 0.15) is 53.2 Å². The Kier molecular flexibility index (Phi) is 3.73. The van der Waals surface area contributed by atoms with Gasteiger partial charge < -0.3 is 10.4 Å². The van der Waals surface area contributed by atoms with E-state index in [4.69, 9.17) is 0 Å². The molecular formula is C16H17F3N2O3. The summed E-state index contributed by atoms with van der Waals surface area (Å²) in [5.41, 5.74) is -1.37. The van der Waals surface area contributed by atoms with Crippen LogP contribution >= 0.6 is 0 Å². The molecule has 2 N–H and O–H groups in total. The lowest BCUT2D eigenvalue weighted by atomic mass is 9.77. The van der Waals surface area contributed by atoms with Crippen molar-refractivity contribution in [3.05, 3.63) is 34.4 Å². The maximum absolute atomic E-state index is 13.3. The molecule has 5 nitrogen and oxygen atoms in total. The zero-order chi connectivity index (χ0) is 17.7. The second kappa shape index (κ2) is 5.39. The summed E-state index contributed by atoms with van der Waals surface area (Å²) in [5, 5.41) is 11.8. The molecule has 0 bridgehead atoms. The van der Waals surface area contributed by atoms with Crippen LogP contribution in [0.3, 0.4) is 0 Å². The van der Waals surface area contributed by atoms with Crippen LogP contribution in [0.25, 0.3) is 0 Å². The van der Waals surface area contributed by atoms with Crippen molar-refractivity contribution < 1.29 is 27.9 Å². The molecule has 3 rings (SSSR count). The van der Waals surface area contributed by atoms with Gasteiger partial charge in [-0.3, -0.25) is 9.69 Å². The summed E-state index contributed by atoms with van der Waals surface area (Å²) >= 11 is 0. The number of benzene rings is 1. The number of nitrogens with one attached hydrogen (secondary N) is 1. The van der Waals surface area contributed by atoms with Gasteiger partial charge >= 0.3 is 12.3 Å². The van der Waals surface area contributed by atoms with Crippen molar-refractivity contribution in [3.8, 4) is 0 Å². The van der Waals surface area contributed by atoms with E-state index < -0.39 is 29.3 Å². The molecule has 2 amide bonds. The fourth-order valence-electron chi connectivity index (χ4n) is 3.36. The first-order valence-corrected chi connectivity index (χ1v) is 7.63. The Bertz CT molecular complexity index is 711. The Morgan fingerprint density at radius 2 is 2.04 bits per heavy atom. The molecule has 1 saturated carbocycles. The molecule has 24 heavy (non-hydrogen) atoms. The van der Waals surface area contributed by atoms with Crippen LogP contribution in [-0.2, 0) is 19.3 Å². The van der Waals surface area contributed by atoms with Gasteiger partial charge in [-0.05, 0) is 49.4 Å². The van der Waals surface area contributed by atoms with Gasteiger partial charge in [-0.1, -0.05) is 0 Å². The summed E-state index contributed by atoms with van der Waals surface area (Å²) in [6, 6.07) is 2.32. The van der Waals surface area contributed by atoms with Gasteiger partial charge in [0.1, 0.15) is 0 Å². The zero-order valence-corrected chi connectivity index (χ0v) is 13.0. The smallest absolute Gasteiger partial charge is 0.416 e. The Morgan fingerprint density at radius 3 is 2.54 bits per heavy atom. The van der Waals surface area contributed by atoms with Crippen molar-refractivity contribution >= 4 is 12.0 Å². The van der Waals surface area contributed by atoms with E-state index in [9.17, 15) is 27.9 Å². The monoisotopic (exact) mass is 342 g/mol. The third-order valence-corrected chi connectivity index (χ3v) is 4.94. The van der Waals surface area contributed by atoms with Gasteiger partial charge in [0.15, 0.2) is 0 Å². The summed E-state index contributed by atoms with van der Waals surface area (Å²) in [5.74, 6) is -0.561. The van der Waals surface area contributed by atoms with E-state index in [1.165, 1.54) is 11.0 Å². The first-order chi connectivity index (χ1) is 11.1. The molecule has 0 spiro atoms. The van der Waals surface area contributed by atoms with E-state index in [0.717, 1.165) is 12.5 Å². The lowest BCUT2D eigenvalue weighted by Crippen LogP contribution is -2.53. The minimum absolute atomic E-state index is 0.0241. The largest absolute Gasteiger partial charge is 0.465 e. The third kappa shape index (κ3) is 2.70. The number of nitrogens with zero attached hydrogens (tertiary/aromatic N) is 1. The molecule has 0 radical (unpaired) electrons. The Hall–Kier alpha value is -2.25. The number of hydrogen-bond acceptors (Lipinski definition) is 2. The topological polar surface area (TPSA) is 69.6 Å². The van der Waals surface area contributed by atoms with Crippen molar-refractivity contribution in [1.82, 2.24) is 10.2 Å². The average Bonchev–Trinajstić information content (AvgIpc) is 2.82. The van der Waals surface area contributed by atoms with Gasteiger partial charge in [0, 0.05) is 24.2 Å². The molecule has 1 heterocycles. The van der Waals surface area contributed by atoms with Crippen molar-refractivity contribution in [2.75, 3.05) is 0 Å². The Balaban J connectivity index is 2.01. The van der Waals surface area contributed by atoms with Gasteiger partial charge in [0.05, 0.1) is 5.56 Å². The fraction of sp³-hybridized carbons (Fsp3) is 0.500. The van der Waals surface area contributed by atoms with E-state index in [0.29, 0.717) is 12.8 Å². The lowest BCUT2D eigenvalue weighted by Gasteiger charge is -2.46. The van der Waals surface area contributed by atoms with Gasteiger partial charge in [-0.15, -0.1) is 0 Å². The molecule has 0 atom stereocenters. The maximum Gasteiger partial charge on any atom is 0.416 e. The van der Waals surface area contributed by atoms with Crippen molar-refractivity contribution in [1.29, 1.82) is 0 Å². The Morgan fingerprint density at radius 1 is 1.38 bits per heavy atom. The first kappa shape index (κ1) is 16.6. The molecule has 0 aromatic heterocycles. The van der Waals surface area contributed by atoms with E-state index in [1.807, 2.05) is 0 Å². The van der Waals surface area contributed by atoms with E-state index >= 15 is 0 Å². The highest BCUT2D eigenvalue weighted by Crippen LogP contribution is 2.40. The summed E-state index contributed by atoms with van der Waals surface area (Å²) < 4.78 is 39.9. The van der Waals surface area contributed by atoms with Crippen molar-refractivity contribution in [2.24, 2.45) is 0 Å². The average molecular weight is 342 g/mol. The van der Waals surface area contributed by atoms with Crippen LogP contribution in [0, 0.1) is 0 Å². The van der Waals surface area contributed by atoms with Crippen molar-refractivity contribution in [2.45, 2.75) is 51.0 Å². The van der Waals surface area contributed by atoms with Crippen molar-refractivity contribution in [3.63, 3.8) is 0 Å². The number of amides is 2. The molecule has 1 aromatic rings. The number of fused-ring (bicyclic) bond motifs is 1.